The number of benzene rings is 3. The average Bonchev–Trinajstić information content (AvgIpc) is 2.82. The van der Waals surface area contributed by atoms with Crippen LogP contribution in [0.2, 0.25) is 0 Å². The summed E-state index contributed by atoms with van der Waals surface area (Å²) in [6, 6.07) is 19.4. The molecule has 1 N–H and O–H groups in total. The summed E-state index contributed by atoms with van der Waals surface area (Å²) in [7, 11) is -1.56. The molecule has 0 aliphatic carbocycles. The number of carbonyl (C=O) groups is 2. The molecule has 3 rings (SSSR count). The first-order valence-electron chi connectivity index (χ1n) is 9.97. The molecule has 0 saturated heterocycles. The van der Waals surface area contributed by atoms with Gasteiger partial charge in [-0.25, -0.2) is 13.2 Å². The Labute approximate surface area is 192 Å². The molecule has 0 bridgehead atoms. The van der Waals surface area contributed by atoms with Gasteiger partial charge in [0.1, 0.15) is 17.2 Å². The molecule has 0 aliphatic heterocycles. The first-order chi connectivity index (χ1) is 15.8. The molecule has 3 aromatic rings. The highest BCUT2D eigenvalue weighted by atomic mass is 32.2. The summed E-state index contributed by atoms with van der Waals surface area (Å²) in [6.07, 6.45) is 0. The SMILES string of the molecule is COC(=O)c1ccccc1NC(=O)CN(c1ccccc1)S(=O)(=O)c1cc(C)ccc1OC. The number of nitrogens with zero attached hydrogens (tertiary/aromatic N) is 1. The molecule has 0 heterocycles. The predicted molar refractivity (Wildman–Crippen MR) is 125 cm³/mol. The van der Waals surface area contributed by atoms with Crippen molar-refractivity contribution in [1.29, 1.82) is 0 Å². The molecule has 3 aromatic carbocycles. The Morgan fingerprint density at radius 2 is 1.61 bits per heavy atom. The Kier molecular flexibility index (Phi) is 7.34. The molecule has 172 valence electrons. The van der Waals surface area contributed by atoms with Crippen LogP contribution in [0.25, 0.3) is 0 Å². The van der Waals surface area contributed by atoms with E-state index in [1.165, 1.54) is 32.4 Å². The first kappa shape index (κ1) is 23.8. The number of sulfonamides is 1. The van der Waals surface area contributed by atoms with E-state index in [9.17, 15) is 18.0 Å². The first-order valence-corrected chi connectivity index (χ1v) is 11.4. The van der Waals surface area contributed by atoms with Crippen molar-refractivity contribution >= 4 is 33.3 Å². The Balaban J connectivity index is 2.00. The molecule has 0 spiro atoms. The second-order valence-corrected chi connectivity index (χ2v) is 8.92. The third kappa shape index (κ3) is 5.32. The van der Waals surface area contributed by atoms with E-state index in [2.05, 4.69) is 5.32 Å². The number of methoxy groups -OCH3 is 2. The molecular weight excluding hydrogens is 444 g/mol. The van der Waals surface area contributed by atoms with Gasteiger partial charge >= 0.3 is 5.97 Å². The molecule has 0 unspecified atom stereocenters. The van der Waals surface area contributed by atoms with Gasteiger partial charge < -0.3 is 14.8 Å². The van der Waals surface area contributed by atoms with Crippen LogP contribution in [0, 0.1) is 6.92 Å². The van der Waals surface area contributed by atoms with Gasteiger partial charge in [-0.15, -0.1) is 0 Å². The van der Waals surface area contributed by atoms with Crippen molar-refractivity contribution in [3.63, 3.8) is 0 Å². The zero-order chi connectivity index (χ0) is 24.0. The minimum Gasteiger partial charge on any atom is -0.495 e. The lowest BCUT2D eigenvalue weighted by atomic mass is 10.2. The van der Waals surface area contributed by atoms with Crippen molar-refractivity contribution < 1.29 is 27.5 Å². The fraction of sp³-hybridized carbons (Fsp3) is 0.167. The summed E-state index contributed by atoms with van der Waals surface area (Å²) in [5.74, 6) is -1.09. The van der Waals surface area contributed by atoms with Crippen LogP contribution in [0.4, 0.5) is 11.4 Å². The van der Waals surface area contributed by atoms with Crippen molar-refractivity contribution in [2.45, 2.75) is 11.8 Å². The number of amides is 1. The molecule has 0 aromatic heterocycles. The zero-order valence-corrected chi connectivity index (χ0v) is 19.3. The third-order valence-electron chi connectivity index (χ3n) is 4.83. The molecule has 0 radical (unpaired) electrons. The van der Waals surface area contributed by atoms with Gasteiger partial charge in [0.2, 0.25) is 5.91 Å². The molecule has 0 saturated carbocycles. The Morgan fingerprint density at radius 3 is 2.27 bits per heavy atom. The van der Waals surface area contributed by atoms with Crippen LogP contribution >= 0.6 is 0 Å². The maximum Gasteiger partial charge on any atom is 0.339 e. The van der Waals surface area contributed by atoms with Gasteiger partial charge in [-0.05, 0) is 48.9 Å². The van der Waals surface area contributed by atoms with Crippen LogP contribution in [0.15, 0.2) is 77.7 Å². The Hall–Kier alpha value is -3.85. The third-order valence-corrected chi connectivity index (χ3v) is 6.62. The largest absolute Gasteiger partial charge is 0.495 e. The van der Waals surface area contributed by atoms with E-state index in [0.717, 1.165) is 9.87 Å². The smallest absolute Gasteiger partial charge is 0.339 e. The topological polar surface area (TPSA) is 102 Å². The highest BCUT2D eigenvalue weighted by Gasteiger charge is 2.30. The summed E-state index contributed by atoms with van der Waals surface area (Å²) in [5, 5.41) is 2.61. The normalized spacial score (nSPS) is 10.9. The highest BCUT2D eigenvalue weighted by Crippen LogP contribution is 2.31. The quantitative estimate of drug-likeness (QED) is 0.507. The van der Waals surface area contributed by atoms with Crippen LogP contribution in [0.3, 0.4) is 0 Å². The van der Waals surface area contributed by atoms with Crippen molar-refractivity contribution in [2.75, 3.05) is 30.4 Å². The average molecular weight is 469 g/mol. The molecule has 33 heavy (non-hydrogen) atoms. The standard InChI is InChI=1S/C24H24N2O6S/c1-17-13-14-21(31-2)22(15-17)33(29,30)26(18-9-5-4-6-10-18)16-23(27)25-20-12-8-7-11-19(20)24(28)32-3/h4-15H,16H2,1-3H3,(H,25,27). The summed E-state index contributed by atoms with van der Waals surface area (Å²) in [5.41, 5.74) is 1.40. The van der Waals surface area contributed by atoms with E-state index in [-0.39, 0.29) is 21.9 Å². The second-order valence-electron chi connectivity index (χ2n) is 7.09. The number of aryl methyl sites for hydroxylation is 1. The van der Waals surface area contributed by atoms with E-state index in [1.807, 2.05) is 0 Å². The van der Waals surface area contributed by atoms with Crippen molar-refractivity contribution in [3.05, 3.63) is 83.9 Å². The molecule has 9 heteroatoms. The number of hydrogen-bond donors (Lipinski definition) is 1. The predicted octanol–water partition coefficient (Wildman–Crippen LogP) is 3.62. The van der Waals surface area contributed by atoms with Gasteiger partial charge in [0.15, 0.2) is 0 Å². The molecule has 0 atom stereocenters. The molecule has 0 fully saturated rings. The minimum absolute atomic E-state index is 0.0587. The fourth-order valence-electron chi connectivity index (χ4n) is 3.21. The number of nitrogens with one attached hydrogen (secondary N) is 1. The molecule has 0 aliphatic rings. The highest BCUT2D eigenvalue weighted by molar-refractivity contribution is 7.93. The van der Waals surface area contributed by atoms with Crippen LogP contribution in [-0.2, 0) is 19.6 Å². The van der Waals surface area contributed by atoms with Crippen molar-refractivity contribution in [2.24, 2.45) is 0 Å². The lowest BCUT2D eigenvalue weighted by Gasteiger charge is -2.25. The zero-order valence-electron chi connectivity index (χ0n) is 18.4. The van der Waals surface area contributed by atoms with Gasteiger partial charge in [-0.3, -0.25) is 9.10 Å². The number of anilines is 2. The number of hydrogen-bond acceptors (Lipinski definition) is 6. The van der Waals surface area contributed by atoms with E-state index >= 15 is 0 Å². The van der Waals surface area contributed by atoms with E-state index in [1.54, 1.807) is 61.5 Å². The maximum absolute atomic E-state index is 13.7. The number of ether oxygens (including phenoxy) is 2. The van der Waals surface area contributed by atoms with Gasteiger partial charge in [0.05, 0.1) is 31.2 Å². The number of rotatable bonds is 8. The van der Waals surface area contributed by atoms with Gasteiger partial charge in [-0.1, -0.05) is 36.4 Å². The van der Waals surface area contributed by atoms with Gasteiger partial charge in [0, 0.05) is 0 Å². The van der Waals surface area contributed by atoms with E-state index in [0.29, 0.717) is 5.69 Å². The molecule has 1 amide bonds. The fourth-order valence-corrected chi connectivity index (χ4v) is 4.88. The van der Waals surface area contributed by atoms with Gasteiger partial charge in [-0.2, -0.15) is 0 Å². The summed E-state index contributed by atoms with van der Waals surface area (Å²) in [4.78, 5) is 24.9. The molecule has 8 nitrogen and oxygen atoms in total. The van der Waals surface area contributed by atoms with Crippen LogP contribution in [0.1, 0.15) is 15.9 Å². The number of carbonyl (C=O) groups excluding carboxylic acids is 2. The van der Waals surface area contributed by atoms with Crippen LogP contribution < -0.4 is 14.4 Å². The summed E-state index contributed by atoms with van der Waals surface area (Å²) in [6.45, 7) is 1.24. The number of esters is 1. The number of para-hydroxylation sites is 2. The lowest BCUT2D eigenvalue weighted by molar-refractivity contribution is -0.114. The van der Waals surface area contributed by atoms with Crippen molar-refractivity contribution in [3.8, 4) is 5.75 Å². The molecular formula is C24H24N2O6S. The lowest BCUT2D eigenvalue weighted by Crippen LogP contribution is -2.38. The Bertz CT molecular complexity index is 1260. The van der Waals surface area contributed by atoms with Crippen LogP contribution in [-0.4, -0.2) is 41.1 Å². The Morgan fingerprint density at radius 1 is 0.939 bits per heavy atom. The summed E-state index contributed by atoms with van der Waals surface area (Å²) >= 11 is 0. The monoisotopic (exact) mass is 468 g/mol. The van der Waals surface area contributed by atoms with Gasteiger partial charge in [0.25, 0.3) is 10.0 Å². The minimum atomic E-state index is -4.18. The van der Waals surface area contributed by atoms with E-state index in [4.69, 9.17) is 9.47 Å². The van der Waals surface area contributed by atoms with Crippen molar-refractivity contribution in [1.82, 2.24) is 0 Å². The second kappa shape index (κ2) is 10.2. The van der Waals surface area contributed by atoms with Crippen LogP contribution in [0.5, 0.6) is 5.75 Å². The summed E-state index contributed by atoms with van der Waals surface area (Å²) < 4.78 is 38.3. The maximum atomic E-state index is 13.7. The van der Waals surface area contributed by atoms with E-state index < -0.39 is 28.4 Å².